The minimum absolute atomic E-state index is 0.702. The van der Waals surface area contributed by atoms with Crippen molar-refractivity contribution in [1.82, 2.24) is 4.90 Å². The van der Waals surface area contributed by atoms with E-state index in [1.165, 1.54) is 25.9 Å². The van der Waals surface area contributed by atoms with E-state index in [1.807, 2.05) is 0 Å². The summed E-state index contributed by atoms with van der Waals surface area (Å²) >= 11 is 3.64. The van der Waals surface area contributed by atoms with Crippen LogP contribution in [0, 0.1) is 0 Å². The number of methoxy groups -OCH3 is 1. The molecule has 0 spiro atoms. The first-order chi connectivity index (χ1) is 5.33. The highest BCUT2D eigenvalue weighted by Gasteiger charge is 2.16. The van der Waals surface area contributed by atoms with Crippen molar-refractivity contribution in [2.45, 2.75) is 17.7 Å². The number of alkyl halides is 1. The summed E-state index contributed by atoms with van der Waals surface area (Å²) < 4.78 is 5.02. The molecule has 0 bridgehead atoms. The van der Waals surface area contributed by atoms with Crippen LogP contribution in [0.3, 0.4) is 0 Å². The third-order valence-electron chi connectivity index (χ3n) is 2.06. The molecule has 1 rings (SSSR count). The third kappa shape index (κ3) is 3.54. The Morgan fingerprint density at radius 2 is 2.45 bits per heavy atom. The summed E-state index contributed by atoms with van der Waals surface area (Å²) in [4.78, 5) is 3.15. The fraction of sp³-hybridized carbons (Fsp3) is 1.00. The van der Waals surface area contributed by atoms with E-state index in [2.05, 4.69) is 20.8 Å². The van der Waals surface area contributed by atoms with E-state index in [0.29, 0.717) is 4.83 Å². The zero-order valence-electron chi connectivity index (χ0n) is 7.05. The van der Waals surface area contributed by atoms with Crippen molar-refractivity contribution in [2.24, 2.45) is 0 Å². The predicted octanol–water partition coefficient (Wildman–Crippen LogP) is 1.49. The average Bonchev–Trinajstić information content (AvgIpc) is 2.01. The maximum absolute atomic E-state index is 5.02. The zero-order chi connectivity index (χ0) is 8.10. The van der Waals surface area contributed by atoms with Gasteiger partial charge in [-0.15, -0.1) is 0 Å². The van der Waals surface area contributed by atoms with Crippen molar-refractivity contribution in [3.63, 3.8) is 0 Å². The van der Waals surface area contributed by atoms with E-state index in [9.17, 15) is 0 Å². The lowest BCUT2D eigenvalue weighted by molar-refractivity contribution is 0.137. The van der Waals surface area contributed by atoms with E-state index in [-0.39, 0.29) is 0 Å². The van der Waals surface area contributed by atoms with Crippen LogP contribution in [0.2, 0.25) is 0 Å². The van der Waals surface area contributed by atoms with Crippen molar-refractivity contribution in [2.75, 3.05) is 33.4 Å². The molecule has 0 radical (unpaired) electrons. The van der Waals surface area contributed by atoms with Gasteiger partial charge < -0.3 is 4.74 Å². The fourth-order valence-electron chi connectivity index (χ4n) is 1.42. The standard InChI is InChI=1S/C8H16BrNO/c1-11-6-5-10-4-2-3-8(9)7-10/h8H,2-7H2,1H3. The van der Waals surface area contributed by atoms with Crippen LogP contribution in [0.25, 0.3) is 0 Å². The quantitative estimate of drug-likeness (QED) is 0.671. The minimum Gasteiger partial charge on any atom is -0.383 e. The average molecular weight is 222 g/mol. The first-order valence-corrected chi connectivity index (χ1v) is 5.10. The van der Waals surface area contributed by atoms with Crippen molar-refractivity contribution in [3.8, 4) is 0 Å². The molecule has 0 aromatic rings. The van der Waals surface area contributed by atoms with Crippen LogP contribution in [0.5, 0.6) is 0 Å². The van der Waals surface area contributed by atoms with Gasteiger partial charge in [-0.1, -0.05) is 15.9 Å². The summed E-state index contributed by atoms with van der Waals surface area (Å²) in [5.41, 5.74) is 0. The van der Waals surface area contributed by atoms with Crippen LogP contribution in [0.4, 0.5) is 0 Å². The maximum atomic E-state index is 5.02. The Balaban J connectivity index is 2.12. The Labute approximate surface area is 77.0 Å². The molecule has 1 unspecified atom stereocenters. The van der Waals surface area contributed by atoms with Crippen molar-refractivity contribution < 1.29 is 4.74 Å². The van der Waals surface area contributed by atoms with Crippen molar-refractivity contribution in [1.29, 1.82) is 0 Å². The molecule has 0 amide bonds. The van der Waals surface area contributed by atoms with Gasteiger partial charge in [-0.05, 0) is 19.4 Å². The molecule has 1 aliphatic rings. The van der Waals surface area contributed by atoms with Gasteiger partial charge in [0.25, 0.3) is 0 Å². The highest BCUT2D eigenvalue weighted by atomic mass is 79.9. The van der Waals surface area contributed by atoms with Crippen molar-refractivity contribution in [3.05, 3.63) is 0 Å². The van der Waals surface area contributed by atoms with E-state index in [4.69, 9.17) is 4.74 Å². The Morgan fingerprint density at radius 3 is 3.09 bits per heavy atom. The summed E-state index contributed by atoms with van der Waals surface area (Å²) in [6.07, 6.45) is 2.64. The molecule has 0 aliphatic carbocycles. The summed E-state index contributed by atoms with van der Waals surface area (Å²) in [6, 6.07) is 0. The topological polar surface area (TPSA) is 12.5 Å². The van der Waals surface area contributed by atoms with Crippen LogP contribution in [-0.4, -0.2) is 43.1 Å². The predicted molar refractivity (Wildman–Crippen MR) is 50.3 cm³/mol. The molecule has 0 aromatic heterocycles. The number of ether oxygens (including phenoxy) is 1. The lowest BCUT2D eigenvalue weighted by atomic mass is 10.1. The lowest BCUT2D eigenvalue weighted by Gasteiger charge is -2.29. The number of rotatable bonds is 3. The molecule has 0 saturated carbocycles. The van der Waals surface area contributed by atoms with Gasteiger partial charge in [-0.2, -0.15) is 0 Å². The van der Waals surface area contributed by atoms with E-state index in [0.717, 1.165) is 13.2 Å². The van der Waals surface area contributed by atoms with Crippen LogP contribution in [0.15, 0.2) is 0 Å². The molecule has 3 heteroatoms. The van der Waals surface area contributed by atoms with Crippen LogP contribution in [0.1, 0.15) is 12.8 Å². The molecule has 0 aromatic carbocycles. The van der Waals surface area contributed by atoms with E-state index in [1.54, 1.807) is 7.11 Å². The van der Waals surface area contributed by atoms with Crippen molar-refractivity contribution >= 4 is 15.9 Å². The fourth-order valence-corrected chi connectivity index (χ4v) is 2.16. The number of nitrogens with zero attached hydrogens (tertiary/aromatic N) is 1. The second-order valence-corrected chi connectivity index (χ2v) is 4.33. The maximum Gasteiger partial charge on any atom is 0.0589 e. The second kappa shape index (κ2) is 5.12. The Morgan fingerprint density at radius 1 is 1.64 bits per heavy atom. The number of halogens is 1. The first-order valence-electron chi connectivity index (χ1n) is 4.18. The number of likely N-dealkylation sites (tertiary alicyclic amines) is 1. The number of hydrogen-bond acceptors (Lipinski definition) is 2. The first kappa shape index (κ1) is 9.49. The van der Waals surface area contributed by atoms with Gasteiger partial charge in [0.2, 0.25) is 0 Å². The van der Waals surface area contributed by atoms with Gasteiger partial charge >= 0.3 is 0 Å². The van der Waals surface area contributed by atoms with E-state index >= 15 is 0 Å². The Hall–Kier alpha value is 0.400. The molecular formula is C8H16BrNO. The molecule has 1 saturated heterocycles. The molecule has 0 N–H and O–H groups in total. The van der Waals surface area contributed by atoms with E-state index < -0.39 is 0 Å². The molecule has 2 nitrogen and oxygen atoms in total. The highest BCUT2D eigenvalue weighted by molar-refractivity contribution is 9.09. The lowest BCUT2D eigenvalue weighted by Crippen LogP contribution is -2.37. The SMILES string of the molecule is COCCN1CCCC(Br)C1. The molecule has 1 fully saturated rings. The summed E-state index contributed by atoms with van der Waals surface area (Å²) in [5, 5.41) is 0. The molecule has 66 valence electrons. The minimum atomic E-state index is 0.702. The van der Waals surface area contributed by atoms with Gasteiger partial charge in [0, 0.05) is 25.0 Å². The summed E-state index contributed by atoms with van der Waals surface area (Å²) in [7, 11) is 1.76. The highest BCUT2D eigenvalue weighted by Crippen LogP contribution is 2.15. The van der Waals surface area contributed by atoms with Gasteiger partial charge in [-0.25, -0.2) is 0 Å². The van der Waals surface area contributed by atoms with Gasteiger partial charge in [0.15, 0.2) is 0 Å². The smallest absolute Gasteiger partial charge is 0.0589 e. The molecular weight excluding hydrogens is 206 g/mol. The monoisotopic (exact) mass is 221 g/mol. The number of hydrogen-bond donors (Lipinski definition) is 0. The molecule has 1 atom stereocenters. The van der Waals surface area contributed by atoms with Crippen LogP contribution < -0.4 is 0 Å². The Kier molecular flexibility index (Phi) is 4.41. The van der Waals surface area contributed by atoms with Gasteiger partial charge in [0.1, 0.15) is 0 Å². The molecule has 1 aliphatic heterocycles. The van der Waals surface area contributed by atoms with Gasteiger partial charge in [0.05, 0.1) is 6.61 Å². The molecule has 11 heavy (non-hydrogen) atoms. The summed E-state index contributed by atoms with van der Waals surface area (Å²) in [6.45, 7) is 4.37. The third-order valence-corrected chi connectivity index (χ3v) is 2.81. The Bertz CT molecular complexity index is 110. The zero-order valence-corrected chi connectivity index (χ0v) is 8.64. The van der Waals surface area contributed by atoms with Gasteiger partial charge in [-0.3, -0.25) is 4.90 Å². The van der Waals surface area contributed by atoms with Crippen LogP contribution in [-0.2, 0) is 4.74 Å². The number of piperidine rings is 1. The summed E-state index contributed by atoms with van der Waals surface area (Å²) in [5.74, 6) is 0. The molecule has 1 heterocycles. The normalized spacial score (nSPS) is 27.3. The second-order valence-electron chi connectivity index (χ2n) is 3.03. The van der Waals surface area contributed by atoms with Crippen LogP contribution >= 0.6 is 15.9 Å². The largest absolute Gasteiger partial charge is 0.383 e.